The minimum absolute atomic E-state index is 0.236. The molecule has 1 rings (SSSR count). The highest BCUT2D eigenvalue weighted by molar-refractivity contribution is 4.67. The Labute approximate surface area is 67.6 Å². The zero-order valence-electron chi connectivity index (χ0n) is 7.42. The highest BCUT2D eigenvalue weighted by Crippen LogP contribution is 2.18. The van der Waals surface area contributed by atoms with Gasteiger partial charge < -0.3 is 14.2 Å². The molecule has 66 valence electrons. The van der Waals surface area contributed by atoms with Crippen molar-refractivity contribution < 1.29 is 14.2 Å². The Morgan fingerprint density at radius 3 is 2.36 bits per heavy atom. The summed E-state index contributed by atoms with van der Waals surface area (Å²) in [5.74, 6) is -0.496. The Kier molecular flexibility index (Phi) is 2.87. The zero-order chi connectivity index (χ0) is 8.32. The van der Waals surface area contributed by atoms with E-state index in [0.29, 0.717) is 19.8 Å². The fourth-order valence-corrected chi connectivity index (χ4v) is 0.958. The Bertz CT molecular complexity index is 117. The van der Waals surface area contributed by atoms with Gasteiger partial charge in [-0.3, -0.25) is 0 Å². The first kappa shape index (κ1) is 8.97. The molecule has 0 N–H and O–H groups in total. The van der Waals surface area contributed by atoms with Gasteiger partial charge in [0.15, 0.2) is 5.79 Å². The summed E-state index contributed by atoms with van der Waals surface area (Å²) in [6.07, 6.45) is 0.236. The lowest BCUT2D eigenvalue weighted by Crippen LogP contribution is -2.33. The van der Waals surface area contributed by atoms with Crippen molar-refractivity contribution in [2.75, 3.05) is 19.8 Å². The summed E-state index contributed by atoms with van der Waals surface area (Å²) >= 11 is 0. The third kappa shape index (κ3) is 2.77. The van der Waals surface area contributed by atoms with Gasteiger partial charge in [0.1, 0.15) is 6.61 Å². The second-order valence-electron chi connectivity index (χ2n) is 3.19. The molecule has 3 heteroatoms. The lowest BCUT2D eigenvalue weighted by molar-refractivity contribution is -0.187. The third-order valence-electron chi connectivity index (χ3n) is 1.58. The van der Waals surface area contributed by atoms with Crippen LogP contribution in [0.2, 0.25) is 0 Å². The van der Waals surface area contributed by atoms with E-state index in [-0.39, 0.29) is 6.10 Å². The van der Waals surface area contributed by atoms with Gasteiger partial charge in [-0.05, 0) is 20.8 Å². The van der Waals surface area contributed by atoms with Crippen LogP contribution in [0.3, 0.4) is 0 Å². The molecule has 0 aromatic rings. The van der Waals surface area contributed by atoms with E-state index < -0.39 is 5.79 Å². The van der Waals surface area contributed by atoms with Crippen LogP contribution in [0.5, 0.6) is 0 Å². The molecule has 1 fully saturated rings. The molecule has 0 saturated carbocycles. The van der Waals surface area contributed by atoms with Gasteiger partial charge in [-0.15, -0.1) is 0 Å². The zero-order valence-corrected chi connectivity index (χ0v) is 7.42. The van der Waals surface area contributed by atoms with Crippen molar-refractivity contribution in [1.29, 1.82) is 0 Å². The summed E-state index contributed by atoms with van der Waals surface area (Å²) in [5.41, 5.74) is 0. The second kappa shape index (κ2) is 3.52. The van der Waals surface area contributed by atoms with Gasteiger partial charge in [0, 0.05) is 0 Å². The molecule has 0 unspecified atom stereocenters. The highest BCUT2D eigenvalue weighted by atomic mass is 16.7. The predicted octanol–water partition coefficient (Wildman–Crippen LogP) is 1.17. The van der Waals surface area contributed by atoms with Gasteiger partial charge in [-0.2, -0.15) is 0 Å². The third-order valence-corrected chi connectivity index (χ3v) is 1.58. The van der Waals surface area contributed by atoms with Crippen molar-refractivity contribution in [3.63, 3.8) is 0 Å². The topological polar surface area (TPSA) is 27.7 Å². The van der Waals surface area contributed by atoms with Crippen LogP contribution in [0, 0.1) is 0 Å². The highest BCUT2D eigenvalue weighted by Gasteiger charge is 2.31. The molecule has 1 aliphatic rings. The largest absolute Gasteiger partial charge is 0.373 e. The minimum Gasteiger partial charge on any atom is -0.373 e. The molecule has 0 aliphatic carbocycles. The lowest BCUT2D eigenvalue weighted by Gasteiger charge is -2.23. The molecule has 1 aliphatic heterocycles. The van der Waals surface area contributed by atoms with E-state index in [4.69, 9.17) is 14.2 Å². The molecule has 0 aromatic heterocycles. The Balaban J connectivity index is 2.23. The first-order valence-corrected chi connectivity index (χ1v) is 4.02. The lowest BCUT2D eigenvalue weighted by atomic mass is 10.3. The summed E-state index contributed by atoms with van der Waals surface area (Å²) < 4.78 is 16.1. The van der Waals surface area contributed by atoms with E-state index >= 15 is 0 Å². The van der Waals surface area contributed by atoms with E-state index in [0.717, 1.165) is 0 Å². The Morgan fingerprint density at radius 2 is 1.91 bits per heavy atom. The molecule has 0 aromatic carbocycles. The molecule has 1 heterocycles. The van der Waals surface area contributed by atoms with Crippen LogP contribution in [0.25, 0.3) is 0 Å². The van der Waals surface area contributed by atoms with Gasteiger partial charge in [0.05, 0.1) is 19.3 Å². The van der Waals surface area contributed by atoms with E-state index in [1.54, 1.807) is 0 Å². The molecule has 1 saturated heterocycles. The van der Waals surface area contributed by atoms with Crippen LogP contribution >= 0.6 is 0 Å². The smallest absolute Gasteiger partial charge is 0.189 e. The average Bonchev–Trinajstić information content (AvgIpc) is 2.33. The summed E-state index contributed by atoms with van der Waals surface area (Å²) in [4.78, 5) is 0. The first-order valence-electron chi connectivity index (χ1n) is 4.02. The van der Waals surface area contributed by atoms with Crippen molar-refractivity contribution in [3.8, 4) is 0 Å². The number of ether oxygens (including phenoxy) is 3. The molecule has 3 nitrogen and oxygen atoms in total. The fourth-order valence-electron chi connectivity index (χ4n) is 0.958. The average molecular weight is 160 g/mol. The molecule has 0 amide bonds. The van der Waals surface area contributed by atoms with Gasteiger partial charge >= 0.3 is 0 Å². The van der Waals surface area contributed by atoms with E-state index in [1.807, 2.05) is 20.8 Å². The SMILES string of the molecule is CC(C)OCC1(C)OCCO1. The van der Waals surface area contributed by atoms with Crippen molar-refractivity contribution in [2.45, 2.75) is 32.7 Å². The summed E-state index contributed by atoms with van der Waals surface area (Å²) in [6, 6.07) is 0. The van der Waals surface area contributed by atoms with Gasteiger partial charge in [-0.1, -0.05) is 0 Å². The Morgan fingerprint density at radius 1 is 1.36 bits per heavy atom. The minimum atomic E-state index is -0.496. The van der Waals surface area contributed by atoms with E-state index in [2.05, 4.69) is 0 Å². The summed E-state index contributed by atoms with van der Waals surface area (Å²) in [6.45, 7) is 7.78. The second-order valence-corrected chi connectivity index (χ2v) is 3.19. The Hall–Kier alpha value is -0.120. The number of hydrogen-bond donors (Lipinski definition) is 0. The van der Waals surface area contributed by atoms with Crippen LogP contribution < -0.4 is 0 Å². The van der Waals surface area contributed by atoms with Gasteiger partial charge in [0.25, 0.3) is 0 Å². The van der Waals surface area contributed by atoms with E-state index in [1.165, 1.54) is 0 Å². The maximum Gasteiger partial charge on any atom is 0.189 e. The number of hydrogen-bond acceptors (Lipinski definition) is 3. The molecule has 11 heavy (non-hydrogen) atoms. The van der Waals surface area contributed by atoms with E-state index in [9.17, 15) is 0 Å². The molecule has 0 bridgehead atoms. The van der Waals surface area contributed by atoms with Gasteiger partial charge in [0.2, 0.25) is 0 Å². The summed E-state index contributed by atoms with van der Waals surface area (Å²) in [7, 11) is 0. The van der Waals surface area contributed by atoms with Crippen molar-refractivity contribution in [1.82, 2.24) is 0 Å². The monoisotopic (exact) mass is 160 g/mol. The maximum absolute atomic E-state index is 5.38. The molecular formula is C8H16O3. The van der Waals surface area contributed by atoms with Crippen LogP contribution in [0.1, 0.15) is 20.8 Å². The van der Waals surface area contributed by atoms with Crippen LogP contribution in [0.4, 0.5) is 0 Å². The van der Waals surface area contributed by atoms with Crippen molar-refractivity contribution in [3.05, 3.63) is 0 Å². The van der Waals surface area contributed by atoms with Crippen LogP contribution in [0.15, 0.2) is 0 Å². The molecule has 0 atom stereocenters. The predicted molar refractivity (Wildman–Crippen MR) is 41.4 cm³/mol. The first-order chi connectivity index (χ1) is 5.12. The molecule has 0 radical (unpaired) electrons. The van der Waals surface area contributed by atoms with Crippen LogP contribution in [-0.4, -0.2) is 31.7 Å². The quantitative estimate of drug-likeness (QED) is 0.620. The summed E-state index contributed by atoms with van der Waals surface area (Å²) in [5, 5.41) is 0. The molecule has 0 spiro atoms. The standard InChI is InChI=1S/C8H16O3/c1-7(2)9-6-8(3)10-4-5-11-8/h7H,4-6H2,1-3H3. The van der Waals surface area contributed by atoms with Crippen LogP contribution in [-0.2, 0) is 14.2 Å². The molecular weight excluding hydrogens is 144 g/mol. The maximum atomic E-state index is 5.38. The fraction of sp³-hybridized carbons (Fsp3) is 1.00. The number of rotatable bonds is 3. The van der Waals surface area contributed by atoms with Crippen molar-refractivity contribution in [2.24, 2.45) is 0 Å². The van der Waals surface area contributed by atoms with Crippen molar-refractivity contribution >= 4 is 0 Å². The normalized spacial score (nSPS) is 22.9. The van der Waals surface area contributed by atoms with Gasteiger partial charge in [-0.25, -0.2) is 0 Å².